The van der Waals surface area contributed by atoms with Crippen molar-refractivity contribution >= 4 is 5.91 Å². The van der Waals surface area contributed by atoms with Gasteiger partial charge in [-0.05, 0) is 14.0 Å². The SMILES string of the molecule is CC(N)C(C)C(=O)NN1CCN(C)CC1. The Balaban J connectivity index is 2.32. The summed E-state index contributed by atoms with van der Waals surface area (Å²) in [5, 5.41) is 1.97. The topological polar surface area (TPSA) is 61.6 Å². The molecule has 5 heteroatoms. The van der Waals surface area contributed by atoms with Gasteiger partial charge in [-0.2, -0.15) is 0 Å². The summed E-state index contributed by atoms with van der Waals surface area (Å²) in [6, 6.07) is -0.0996. The molecule has 0 bridgehead atoms. The highest BCUT2D eigenvalue weighted by atomic mass is 16.2. The molecule has 3 N–H and O–H groups in total. The fourth-order valence-electron chi connectivity index (χ4n) is 1.41. The lowest BCUT2D eigenvalue weighted by molar-refractivity contribution is -0.130. The number of piperazine rings is 1. The molecule has 0 aromatic heterocycles. The third-order valence-corrected chi connectivity index (χ3v) is 2.97. The summed E-state index contributed by atoms with van der Waals surface area (Å²) in [6.45, 7) is 7.46. The largest absolute Gasteiger partial charge is 0.327 e. The van der Waals surface area contributed by atoms with Gasteiger partial charge in [0, 0.05) is 32.2 Å². The predicted molar refractivity (Wildman–Crippen MR) is 60.0 cm³/mol. The lowest BCUT2D eigenvalue weighted by Crippen LogP contribution is -2.54. The molecule has 0 radical (unpaired) electrons. The van der Waals surface area contributed by atoms with Crippen molar-refractivity contribution in [2.75, 3.05) is 33.2 Å². The van der Waals surface area contributed by atoms with Gasteiger partial charge in [-0.3, -0.25) is 10.2 Å². The number of hydrogen-bond acceptors (Lipinski definition) is 4. The van der Waals surface area contributed by atoms with Crippen molar-refractivity contribution < 1.29 is 4.79 Å². The van der Waals surface area contributed by atoms with E-state index in [1.165, 1.54) is 0 Å². The maximum Gasteiger partial charge on any atom is 0.238 e. The average Bonchev–Trinajstić information content (AvgIpc) is 2.20. The monoisotopic (exact) mass is 214 g/mol. The minimum Gasteiger partial charge on any atom is -0.327 e. The van der Waals surface area contributed by atoms with E-state index in [1.54, 1.807) is 0 Å². The number of nitrogens with zero attached hydrogens (tertiary/aromatic N) is 2. The number of carbonyl (C=O) groups is 1. The maximum absolute atomic E-state index is 11.7. The molecule has 5 nitrogen and oxygen atoms in total. The molecule has 1 heterocycles. The second-order valence-electron chi connectivity index (χ2n) is 4.41. The Hall–Kier alpha value is -0.650. The van der Waals surface area contributed by atoms with Crippen LogP contribution >= 0.6 is 0 Å². The smallest absolute Gasteiger partial charge is 0.238 e. The minimum absolute atomic E-state index is 0.0227. The highest BCUT2D eigenvalue weighted by Crippen LogP contribution is 2.01. The van der Waals surface area contributed by atoms with E-state index in [0.717, 1.165) is 26.2 Å². The molecule has 0 aromatic carbocycles. The molecule has 15 heavy (non-hydrogen) atoms. The Bertz CT molecular complexity index is 211. The summed E-state index contributed by atoms with van der Waals surface area (Å²) in [4.78, 5) is 13.9. The number of nitrogens with one attached hydrogen (secondary N) is 1. The van der Waals surface area contributed by atoms with E-state index in [9.17, 15) is 4.79 Å². The molecule has 1 amide bonds. The van der Waals surface area contributed by atoms with Crippen LogP contribution in [-0.4, -0.2) is 55.1 Å². The van der Waals surface area contributed by atoms with Crippen molar-refractivity contribution in [1.82, 2.24) is 15.3 Å². The van der Waals surface area contributed by atoms with E-state index >= 15 is 0 Å². The van der Waals surface area contributed by atoms with Crippen molar-refractivity contribution in [3.8, 4) is 0 Å². The van der Waals surface area contributed by atoms with Gasteiger partial charge in [-0.1, -0.05) is 6.92 Å². The fourth-order valence-corrected chi connectivity index (χ4v) is 1.41. The summed E-state index contributed by atoms with van der Waals surface area (Å²) >= 11 is 0. The third kappa shape index (κ3) is 3.77. The van der Waals surface area contributed by atoms with Crippen molar-refractivity contribution in [1.29, 1.82) is 0 Å². The lowest BCUT2D eigenvalue weighted by atomic mass is 10.0. The van der Waals surface area contributed by atoms with Crippen molar-refractivity contribution in [2.24, 2.45) is 11.7 Å². The van der Waals surface area contributed by atoms with E-state index < -0.39 is 0 Å². The van der Waals surface area contributed by atoms with Gasteiger partial charge in [0.2, 0.25) is 5.91 Å². The summed E-state index contributed by atoms with van der Waals surface area (Å²) in [7, 11) is 2.09. The van der Waals surface area contributed by atoms with Gasteiger partial charge in [0.1, 0.15) is 0 Å². The van der Waals surface area contributed by atoms with E-state index in [1.807, 2.05) is 18.9 Å². The fraction of sp³-hybridized carbons (Fsp3) is 0.900. The Morgan fingerprint density at radius 2 is 1.80 bits per heavy atom. The van der Waals surface area contributed by atoms with Crippen LogP contribution in [0.4, 0.5) is 0 Å². The first-order valence-electron chi connectivity index (χ1n) is 5.50. The molecule has 1 saturated heterocycles. The van der Waals surface area contributed by atoms with Gasteiger partial charge in [0.25, 0.3) is 0 Å². The molecule has 0 aromatic rings. The number of rotatable bonds is 3. The number of nitrogens with two attached hydrogens (primary N) is 1. The zero-order valence-electron chi connectivity index (χ0n) is 9.86. The van der Waals surface area contributed by atoms with Crippen LogP contribution in [-0.2, 0) is 4.79 Å². The molecule has 1 rings (SSSR count). The van der Waals surface area contributed by atoms with Crippen molar-refractivity contribution in [2.45, 2.75) is 19.9 Å². The average molecular weight is 214 g/mol. The highest BCUT2D eigenvalue weighted by Gasteiger charge is 2.21. The molecule has 1 aliphatic rings. The van der Waals surface area contributed by atoms with E-state index in [-0.39, 0.29) is 17.9 Å². The third-order valence-electron chi connectivity index (χ3n) is 2.97. The normalized spacial score (nSPS) is 23.5. The highest BCUT2D eigenvalue weighted by molar-refractivity contribution is 5.78. The van der Waals surface area contributed by atoms with Crippen molar-refractivity contribution in [3.63, 3.8) is 0 Å². The molecular weight excluding hydrogens is 192 g/mol. The molecule has 0 spiro atoms. The van der Waals surface area contributed by atoms with E-state index in [4.69, 9.17) is 5.73 Å². The second-order valence-corrected chi connectivity index (χ2v) is 4.41. The predicted octanol–water partition coefficient (Wildman–Crippen LogP) is -0.752. The number of carbonyl (C=O) groups excluding carboxylic acids is 1. The van der Waals surface area contributed by atoms with Gasteiger partial charge in [-0.25, -0.2) is 5.01 Å². The van der Waals surface area contributed by atoms with Crippen LogP contribution in [0.25, 0.3) is 0 Å². The first kappa shape index (κ1) is 12.4. The minimum atomic E-state index is -0.135. The molecule has 1 fully saturated rings. The molecule has 0 aliphatic carbocycles. The van der Waals surface area contributed by atoms with Crippen LogP contribution in [0.15, 0.2) is 0 Å². The van der Waals surface area contributed by atoms with Crippen LogP contribution in [0.2, 0.25) is 0 Å². The Morgan fingerprint density at radius 1 is 1.27 bits per heavy atom. The molecule has 2 unspecified atom stereocenters. The van der Waals surface area contributed by atoms with Gasteiger partial charge in [-0.15, -0.1) is 0 Å². The maximum atomic E-state index is 11.7. The quantitative estimate of drug-likeness (QED) is 0.649. The van der Waals surface area contributed by atoms with Crippen LogP contribution in [0.3, 0.4) is 0 Å². The Labute approximate surface area is 91.6 Å². The number of likely N-dealkylation sites (N-methyl/N-ethyl adjacent to an activating group) is 1. The lowest BCUT2D eigenvalue weighted by Gasteiger charge is -2.33. The zero-order valence-corrected chi connectivity index (χ0v) is 9.86. The summed E-state index contributed by atoms with van der Waals surface area (Å²) in [6.07, 6.45) is 0. The Kier molecular flexibility index (Phi) is 4.50. The summed E-state index contributed by atoms with van der Waals surface area (Å²) in [5.41, 5.74) is 8.58. The van der Waals surface area contributed by atoms with Gasteiger partial charge in [0.15, 0.2) is 0 Å². The number of hydrazine groups is 1. The van der Waals surface area contributed by atoms with Gasteiger partial charge in [0.05, 0.1) is 5.92 Å². The van der Waals surface area contributed by atoms with E-state index in [2.05, 4.69) is 17.4 Å². The summed E-state index contributed by atoms with van der Waals surface area (Å²) in [5.74, 6) is -0.112. The molecule has 2 atom stereocenters. The first-order chi connectivity index (χ1) is 7.00. The molecule has 1 aliphatic heterocycles. The molecule has 88 valence electrons. The van der Waals surface area contributed by atoms with Crippen LogP contribution in [0.5, 0.6) is 0 Å². The van der Waals surface area contributed by atoms with Gasteiger partial charge < -0.3 is 10.6 Å². The van der Waals surface area contributed by atoms with Gasteiger partial charge >= 0.3 is 0 Å². The molecular formula is C10H22N4O. The van der Waals surface area contributed by atoms with Crippen molar-refractivity contribution in [3.05, 3.63) is 0 Å². The molecule has 0 saturated carbocycles. The van der Waals surface area contributed by atoms with Crippen LogP contribution < -0.4 is 11.2 Å². The second kappa shape index (κ2) is 5.44. The standard InChI is InChI=1S/C10H22N4O/c1-8(9(2)11)10(15)12-14-6-4-13(3)5-7-14/h8-9H,4-7,11H2,1-3H3,(H,12,15). The van der Waals surface area contributed by atoms with Crippen LogP contribution in [0, 0.1) is 5.92 Å². The zero-order chi connectivity index (χ0) is 11.4. The number of amides is 1. The Morgan fingerprint density at radius 3 is 2.27 bits per heavy atom. The summed E-state index contributed by atoms with van der Waals surface area (Å²) < 4.78 is 0. The van der Waals surface area contributed by atoms with Crippen LogP contribution in [0.1, 0.15) is 13.8 Å². The number of hydrogen-bond donors (Lipinski definition) is 2. The van der Waals surface area contributed by atoms with E-state index in [0.29, 0.717) is 0 Å². The first-order valence-corrected chi connectivity index (χ1v) is 5.50.